The summed E-state index contributed by atoms with van der Waals surface area (Å²) in [5.41, 5.74) is -1.79. The van der Waals surface area contributed by atoms with E-state index in [1.165, 1.54) is 13.8 Å². The molecule has 2 aliphatic heterocycles. The van der Waals surface area contributed by atoms with Gasteiger partial charge in [-0.25, -0.2) is 4.39 Å². The van der Waals surface area contributed by atoms with Crippen molar-refractivity contribution < 1.29 is 13.9 Å². The first-order valence-corrected chi connectivity index (χ1v) is 5.12. The molecule has 1 amide bonds. The van der Waals surface area contributed by atoms with Gasteiger partial charge in [0.25, 0.3) is 5.91 Å². The van der Waals surface area contributed by atoms with Crippen molar-refractivity contribution in [3.8, 4) is 0 Å². The molecular weight excluding hydrogens is 185 g/mol. The average molecular weight is 201 g/mol. The molecule has 0 aromatic heterocycles. The first-order chi connectivity index (χ1) is 6.47. The zero-order valence-electron chi connectivity index (χ0n) is 8.55. The van der Waals surface area contributed by atoms with Crippen LogP contribution in [0.15, 0.2) is 0 Å². The number of amides is 1. The first kappa shape index (κ1) is 9.90. The summed E-state index contributed by atoms with van der Waals surface area (Å²) in [6.07, 6.45) is 3.31. The molecule has 2 fully saturated rings. The number of hydrogen-bond acceptors (Lipinski definition) is 2. The third kappa shape index (κ3) is 1.75. The van der Waals surface area contributed by atoms with Gasteiger partial charge in [-0.3, -0.25) is 4.79 Å². The van der Waals surface area contributed by atoms with E-state index < -0.39 is 11.6 Å². The van der Waals surface area contributed by atoms with E-state index in [1.54, 1.807) is 0 Å². The van der Waals surface area contributed by atoms with Gasteiger partial charge in [-0.05, 0) is 33.1 Å². The van der Waals surface area contributed by atoms with Gasteiger partial charge in [0.1, 0.15) is 0 Å². The molecule has 0 spiro atoms. The number of fused-ring (bicyclic) bond motifs is 2. The summed E-state index contributed by atoms with van der Waals surface area (Å²) in [6.45, 7) is 2.55. The summed E-state index contributed by atoms with van der Waals surface area (Å²) in [6, 6.07) is 0.0243. The van der Waals surface area contributed by atoms with Crippen LogP contribution in [0, 0.1) is 0 Å². The number of carbonyl (C=O) groups excluding carboxylic acids is 1. The second kappa shape index (κ2) is 3.19. The third-order valence-electron chi connectivity index (χ3n) is 2.96. The number of alkyl halides is 1. The van der Waals surface area contributed by atoms with E-state index in [4.69, 9.17) is 4.74 Å². The SMILES string of the molecule is CC(C)(F)C(=O)NC1CC2CCC1O2. The summed E-state index contributed by atoms with van der Waals surface area (Å²) in [4.78, 5) is 11.4. The summed E-state index contributed by atoms with van der Waals surface area (Å²) < 4.78 is 18.8. The fourth-order valence-electron chi connectivity index (χ4n) is 2.13. The molecular formula is C10H16FNO2. The van der Waals surface area contributed by atoms with E-state index in [0.717, 1.165) is 19.3 Å². The third-order valence-corrected chi connectivity index (χ3v) is 2.96. The normalized spacial score (nSPS) is 36.1. The molecule has 2 bridgehead atoms. The van der Waals surface area contributed by atoms with Crippen molar-refractivity contribution >= 4 is 5.91 Å². The monoisotopic (exact) mass is 201 g/mol. The van der Waals surface area contributed by atoms with Gasteiger partial charge >= 0.3 is 0 Å². The van der Waals surface area contributed by atoms with E-state index in [-0.39, 0.29) is 18.2 Å². The van der Waals surface area contributed by atoms with Crippen LogP contribution in [0.1, 0.15) is 33.1 Å². The minimum absolute atomic E-state index is 0.0243. The van der Waals surface area contributed by atoms with Crippen LogP contribution < -0.4 is 5.32 Å². The molecule has 0 saturated carbocycles. The summed E-state index contributed by atoms with van der Waals surface area (Å²) in [5, 5.41) is 2.71. The molecule has 3 atom stereocenters. The highest BCUT2D eigenvalue weighted by Gasteiger charge is 2.42. The van der Waals surface area contributed by atoms with Gasteiger partial charge in [-0.15, -0.1) is 0 Å². The van der Waals surface area contributed by atoms with Gasteiger partial charge in [0.15, 0.2) is 5.67 Å². The molecule has 0 radical (unpaired) electrons. The van der Waals surface area contributed by atoms with E-state index in [9.17, 15) is 9.18 Å². The standard InChI is InChI=1S/C10H16FNO2/c1-10(2,11)9(13)12-7-5-6-3-4-8(7)14-6/h6-8H,3-5H2,1-2H3,(H,12,13). The number of carbonyl (C=O) groups is 1. The minimum Gasteiger partial charge on any atom is -0.373 e. The lowest BCUT2D eigenvalue weighted by molar-refractivity contribution is -0.131. The van der Waals surface area contributed by atoms with Crippen molar-refractivity contribution in [2.75, 3.05) is 0 Å². The summed E-state index contributed by atoms with van der Waals surface area (Å²) in [5.74, 6) is -0.529. The lowest BCUT2D eigenvalue weighted by Crippen LogP contribution is -2.48. The van der Waals surface area contributed by atoms with E-state index in [2.05, 4.69) is 5.32 Å². The number of hydrogen-bond donors (Lipinski definition) is 1. The quantitative estimate of drug-likeness (QED) is 0.728. The van der Waals surface area contributed by atoms with Crippen molar-refractivity contribution in [2.24, 2.45) is 0 Å². The average Bonchev–Trinajstić information content (AvgIpc) is 2.62. The Kier molecular flexibility index (Phi) is 2.26. The molecule has 0 aromatic rings. The fraction of sp³-hybridized carbons (Fsp3) is 0.900. The molecule has 4 heteroatoms. The Labute approximate surface area is 83.0 Å². The Morgan fingerprint density at radius 3 is 2.64 bits per heavy atom. The fourth-order valence-corrected chi connectivity index (χ4v) is 2.13. The smallest absolute Gasteiger partial charge is 0.257 e. The van der Waals surface area contributed by atoms with Crippen LogP contribution in [0.25, 0.3) is 0 Å². The van der Waals surface area contributed by atoms with E-state index >= 15 is 0 Å². The molecule has 2 aliphatic rings. The van der Waals surface area contributed by atoms with Gasteiger partial charge in [0.05, 0.1) is 18.2 Å². The van der Waals surface area contributed by atoms with Gasteiger partial charge in [0.2, 0.25) is 0 Å². The zero-order chi connectivity index (χ0) is 10.3. The van der Waals surface area contributed by atoms with Gasteiger partial charge in [0, 0.05) is 0 Å². The Bertz CT molecular complexity index is 249. The first-order valence-electron chi connectivity index (χ1n) is 5.12. The molecule has 3 nitrogen and oxygen atoms in total. The maximum atomic E-state index is 13.2. The Balaban J connectivity index is 1.90. The topological polar surface area (TPSA) is 38.3 Å². The molecule has 2 heterocycles. The Morgan fingerprint density at radius 2 is 2.21 bits per heavy atom. The van der Waals surface area contributed by atoms with E-state index in [0.29, 0.717) is 0 Å². The zero-order valence-corrected chi connectivity index (χ0v) is 8.55. The number of nitrogens with one attached hydrogen (secondary N) is 1. The van der Waals surface area contributed by atoms with Gasteiger partial charge in [-0.2, -0.15) is 0 Å². The second-order valence-corrected chi connectivity index (χ2v) is 4.66. The number of rotatable bonds is 2. The number of halogens is 1. The Hall–Kier alpha value is -0.640. The largest absolute Gasteiger partial charge is 0.373 e. The van der Waals surface area contributed by atoms with Crippen LogP contribution in [-0.4, -0.2) is 29.8 Å². The summed E-state index contributed by atoms with van der Waals surface area (Å²) >= 11 is 0. The van der Waals surface area contributed by atoms with Crippen molar-refractivity contribution in [3.05, 3.63) is 0 Å². The highest BCUT2D eigenvalue weighted by molar-refractivity contribution is 5.84. The lowest BCUT2D eigenvalue weighted by atomic mass is 9.95. The van der Waals surface area contributed by atoms with Crippen LogP contribution in [0.2, 0.25) is 0 Å². The predicted octanol–water partition coefficient (Wildman–Crippen LogP) is 1.17. The van der Waals surface area contributed by atoms with E-state index in [1.807, 2.05) is 0 Å². The molecule has 2 saturated heterocycles. The van der Waals surface area contributed by atoms with Crippen LogP contribution in [0.4, 0.5) is 4.39 Å². The van der Waals surface area contributed by atoms with Crippen LogP contribution in [0.3, 0.4) is 0 Å². The lowest BCUT2D eigenvalue weighted by Gasteiger charge is -2.23. The number of ether oxygens (including phenoxy) is 1. The molecule has 1 N–H and O–H groups in total. The molecule has 80 valence electrons. The maximum Gasteiger partial charge on any atom is 0.257 e. The highest BCUT2D eigenvalue weighted by atomic mass is 19.1. The van der Waals surface area contributed by atoms with Gasteiger partial charge < -0.3 is 10.1 Å². The molecule has 0 aliphatic carbocycles. The van der Waals surface area contributed by atoms with Crippen LogP contribution in [0.5, 0.6) is 0 Å². The van der Waals surface area contributed by atoms with Crippen molar-refractivity contribution in [1.29, 1.82) is 0 Å². The van der Waals surface area contributed by atoms with Crippen molar-refractivity contribution in [2.45, 2.75) is 57.0 Å². The molecule has 3 unspecified atom stereocenters. The summed E-state index contributed by atoms with van der Waals surface area (Å²) in [7, 11) is 0. The van der Waals surface area contributed by atoms with Crippen LogP contribution >= 0.6 is 0 Å². The molecule has 2 rings (SSSR count). The Morgan fingerprint density at radius 1 is 1.50 bits per heavy atom. The second-order valence-electron chi connectivity index (χ2n) is 4.66. The van der Waals surface area contributed by atoms with Gasteiger partial charge in [-0.1, -0.05) is 0 Å². The maximum absolute atomic E-state index is 13.2. The highest BCUT2D eigenvalue weighted by Crippen LogP contribution is 2.34. The predicted molar refractivity (Wildman–Crippen MR) is 49.6 cm³/mol. The molecule has 14 heavy (non-hydrogen) atoms. The minimum atomic E-state index is -1.79. The van der Waals surface area contributed by atoms with Crippen molar-refractivity contribution in [3.63, 3.8) is 0 Å². The van der Waals surface area contributed by atoms with Crippen molar-refractivity contribution in [1.82, 2.24) is 5.32 Å². The molecule has 0 aromatic carbocycles. The van der Waals surface area contributed by atoms with Crippen LogP contribution in [-0.2, 0) is 9.53 Å².